The number of hydrogen-bond donors (Lipinski definition) is 1. The third kappa shape index (κ3) is 8.40. The summed E-state index contributed by atoms with van der Waals surface area (Å²) in [6.45, 7) is 7.15. The fraction of sp³-hybridized carbons (Fsp3) is 0.297. The maximum absolute atomic E-state index is 15.1. The Morgan fingerprint density at radius 3 is 2.20 bits per heavy atom. The highest BCUT2D eigenvalue weighted by Crippen LogP contribution is 2.29. The molecule has 0 spiro atoms. The van der Waals surface area contributed by atoms with Gasteiger partial charge in [0.05, 0.1) is 10.6 Å². The minimum absolute atomic E-state index is 0.0330. The van der Waals surface area contributed by atoms with Gasteiger partial charge in [0.1, 0.15) is 18.4 Å². The van der Waals surface area contributed by atoms with Crippen LogP contribution in [0.15, 0.2) is 102 Å². The monoisotopic (exact) mass is 643 g/mol. The summed E-state index contributed by atoms with van der Waals surface area (Å²) < 4.78 is 44.7. The zero-order valence-electron chi connectivity index (χ0n) is 26.9. The van der Waals surface area contributed by atoms with Gasteiger partial charge in [-0.2, -0.15) is 0 Å². The molecular weight excluding hydrogens is 601 g/mol. The van der Waals surface area contributed by atoms with Crippen molar-refractivity contribution in [1.82, 2.24) is 10.2 Å². The van der Waals surface area contributed by atoms with Crippen molar-refractivity contribution in [2.75, 3.05) is 17.4 Å². The minimum Gasteiger partial charge on any atom is -0.354 e. The number of unbranched alkanes of at least 4 members (excludes halogenated alkanes) is 1. The van der Waals surface area contributed by atoms with E-state index in [9.17, 15) is 18.0 Å². The van der Waals surface area contributed by atoms with Crippen LogP contribution in [0.25, 0.3) is 0 Å². The molecule has 0 heterocycles. The van der Waals surface area contributed by atoms with Crippen molar-refractivity contribution in [3.05, 3.63) is 131 Å². The van der Waals surface area contributed by atoms with Gasteiger partial charge in [-0.05, 0) is 68.1 Å². The summed E-state index contributed by atoms with van der Waals surface area (Å²) in [5.74, 6) is -1.54. The normalized spacial score (nSPS) is 11.9. The van der Waals surface area contributed by atoms with Crippen molar-refractivity contribution in [2.24, 2.45) is 0 Å². The molecule has 0 saturated heterocycles. The molecule has 1 atom stereocenters. The van der Waals surface area contributed by atoms with Gasteiger partial charge < -0.3 is 10.2 Å². The number of nitrogens with zero attached hydrogens (tertiary/aromatic N) is 2. The third-order valence-corrected chi connectivity index (χ3v) is 9.91. The summed E-state index contributed by atoms with van der Waals surface area (Å²) in [4.78, 5) is 29.7. The molecule has 0 aliphatic rings. The summed E-state index contributed by atoms with van der Waals surface area (Å²) >= 11 is 0. The molecule has 0 aliphatic heterocycles. The van der Waals surface area contributed by atoms with Crippen LogP contribution in [-0.4, -0.2) is 44.3 Å². The Morgan fingerprint density at radius 1 is 0.848 bits per heavy atom. The van der Waals surface area contributed by atoms with E-state index in [0.29, 0.717) is 17.8 Å². The molecule has 0 saturated carbocycles. The van der Waals surface area contributed by atoms with E-state index in [4.69, 9.17) is 0 Å². The molecule has 0 radical (unpaired) electrons. The number of amides is 2. The van der Waals surface area contributed by atoms with Crippen LogP contribution >= 0.6 is 0 Å². The van der Waals surface area contributed by atoms with Crippen molar-refractivity contribution in [3.63, 3.8) is 0 Å². The molecule has 0 fully saturated rings. The van der Waals surface area contributed by atoms with Crippen LogP contribution < -0.4 is 9.62 Å². The average molecular weight is 644 g/mol. The van der Waals surface area contributed by atoms with Gasteiger partial charge in [-0.3, -0.25) is 13.9 Å². The molecule has 0 bridgehead atoms. The molecule has 4 aromatic rings. The summed E-state index contributed by atoms with van der Waals surface area (Å²) in [6, 6.07) is 26.1. The van der Waals surface area contributed by atoms with E-state index in [-0.39, 0.29) is 29.3 Å². The fourth-order valence-corrected chi connectivity index (χ4v) is 6.70. The maximum atomic E-state index is 15.1. The van der Waals surface area contributed by atoms with Gasteiger partial charge in [0.25, 0.3) is 10.0 Å². The second-order valence-corrected chi connectivity index (χ2v) is 13.4. The molecule has 0 aromatic heterocycles. The lowest BCUT2D eigenvalue weighted by molar-refractivity contribution is -0.140. The number of hydrogen-bond acceptors (Lipinski definition) is 4. The summed E-state index contributed by atoms with van der Waals surface area (Å²) in [7, 11) is -4.23. The first-order chi connectivity index (χ1) is 22.0. The molecule has 0 unspecified atom stereocenters. The van der Waals surface area contributed by atoms with E-state index in [0.717, 1.165) is 33.8 Å². The zero-order chi connectivity index (χ0) is 33.3. The minimum atomic E-state index is -4.23. The number of halogens is 1. The van der Waals surface area contributed by atoms with Gasteiger partial charge in [-0.15, -0.1) is 0 Å². The largest absolute Gasteiger partial charge is 0.354 e. The lowest BCUT2D eigenvalue weighted by Crippen LogP contribution is -2.53. The van der Waals surface area contributed by atoms with Crippen LogP contribution in [0.1, 0.15) is 47.6 Å². The molecule has 2 amide bonds. The first-order valence-electron chi connectivity index (χ1n) is 15.5. The quantitative estimate of drug-likeness (QED) is 0.159. The number of benzene rings is 4. The zero-order valence-corrected chi connectivity index (χ0v) is 27.7. The van der Waals surface area contributed by atoms with Crippen molar-refractivity contribution < 1.29 is 22.4 Å². The number of aryl methyl sites for hydroxylation is 2. The fourth-order valence-electron chi connectivity index (χ4n) is 5.23. The van der Waals surface area contributed by atoms with Gasteiger partial charge in [0, 0.05) is 25.1 Å². The van der Waals surface area contributed by atoms with Crippen molar-refractivity contribution in [3.8, 4) is 0 Å². The van der Waals surface area contributed by atoms with Gasteiger partial charge in [-0.25, -0.2) is 12.8 Å². The van der Waals surface area contributed by atoms with Crippen molar-refractivity contribution >= 4 is 27.5 Å². The number of anilines is 1. The SMILES string of the molecule is CCCCNC(=O)[C@H](Cc1ccccc1)N(Cc1ccccc1F)C(=O)CN(c1cccc(C)c1C)S(=O)(=O)c1ccc(C)cc1. The lowest BCUT2D eigenvalue weighted by atomic mass is 10.0. The third-order valence-electron chi connectivity index (χ3n) is 8.13. The highest BCUT2D eigenvalue weighted by atomic mass is 32.2. The van der Waals surface area contributed by atoms with Gasteiger partial charge in [0.2, 0.25) is 11.8 Å². The standard InChI is InChI=1S/C37H42FN3O4S/c1-5-6-23-39-37(43)35(24-30-14-8-7-9-15-30)40(25-31-16-10-11-17-33(31)38)36(42)26-41(34-18-12-13-28(3)29(34)4)46(44,45)32-21-19-27(2)20-22-32/h7-22,35H,5-6,23-26H2,1-4H3,(H,39,43)/t35-/m0/s1. The number of nitrogens with one attached hydrogen (secondary N) is 1. The predicted octanol–water partition coefficient (Wildman–Crippen LogP) is 6.50. The van der Waals surface area contributed by atoms with Crippen LogP contribution in [0.2, 0.25) is 0 Å². The average Bonchev–Trinajstić information content (AvgIpc) is 3.04. The highest BCUT2D eigenvalue weighted by molar-refractivity contribution is 7.92. The van der Waals surface area contributed by atoms with E-state index in [1.165, 1.54) is 23.1 Å². The van der Waals surface area contributed by atoms with E-state index in [1.807, 2.05) is 64.1 Å². The van der Waals surface area contributed by atoms with Crippen LogP contribution in [0, 0.1) is 26.6 Å². The van der Waals surface area contributed by atoms with Gasteiger partial charge in [-0.1, -0.05) is 91.7 Å². The van der Waals surface area contributed by atoms with Gasteiger partial charge >= 0.3 is 0 Å². The molecule has 242 valence electrons. The second-order valence-electron chi connectivity index (χ2n) is 11.5. The second kappa shape index (κ2) is 15.7. The number of carbonyl (C=O) groups is 2. The predicted molar refractivity (Wildman–Crippen MR) is 180 cm³/mol. The molecule has 4 rings (SSSR count). The Kier molecular flexibility index (Phi) is 11.7. The van der Waals surface area contributed by atoms with E-state index >= 15 is 4.39 Å². The summed E-state index contributed by atoms with van der Waals surface area (Å²) in [5, 5.41) is 2.94. The molecule has 9 heteroatoms. The number of carbonyl (C=O) groups excluding carboxylic acids is 2. The van der Waals surface area contributed by atoms with Crippen LogP contribution in [0.4, 0.5) is 10.1 Å². The molecule has 4 aromatic carbocycles. The topological polar surface area (TPSA) is 86.8 Å². The van der Waals surface area contributed by atoms with Crippen molar-refractivity contribution in [2.45, 2.75) is 64.4 Å². The van der Waals surface area contributed by atoms with E-state index in [1.54, 1.807) is 42.5 Å². The van der Waals surface area contributed by atoms with E-state index < -0.39 is 34.3 Å². The Hall–Kier alpha value is -4.50. The van der Waals surface area contributed by atoms with Crippen LogP contribution in [-0.2, 0) is 32.6 Å². The van der Waals surface area contributed by atoms with Gasteiger partial charge in [0.15, 0.2) is 0 Å². The molecular formula is C37H42FN3O4S. The van der Waals surface area contributed by atoms with E-state index in [2.05, 4.69) is 5.32 Å². The van der Waals surface area contributed by atoms with Crippen LogP contribution in [0.3, 0.4) is 0 Å². The first kappa shape index (κ1) is 34.4. The molecule has 1 N–H and O–H groups in total. The molecule has 0 aliphatic carbocycles. The Balaban J connectivity index is 1.83. The smallest absolute Gasteiger partial charge is 0.264 e. The van der Waals surface area contributed by atoms with Crippen molar-refractivity contribution in [1.29, 1.82) is 0 Å². The molecule has 7 nitrogen and oxygen atoms in total. The maximum Gasteiger partial charge on any atom is 0.264 e. The molecule has 46 heavy (non-hydrogen) atoms. The summed E-state index contributed by atoms with van der Waals surface area (Å²) in [6.07, 6.45) is 1.77. The first-order valence-corrected chi connectivity index (χ1v) is 17.0. The Labute approximate surface area is 272 Å². The van der Waals surface area contributed by atoms with Crippen LogP contribution in [0.5, 0.6) is 0 Å². The Morgan fingerprint density at radius 2 is 1.52 bits per heavy atom. The number of sulfonamides is 1. The highest BCUT2D eigenvalue weighted by Gasteiger charge is 2.35. The summed E-state index contributed by atoms with van der Waals surface area (Å²) in [5.41, 5.74) is 3.83. The number of rotatable bonds is 14. The Bertz CT molecular complexity index is 1740. The lowest BCUT2D eigenvalue weighted by Gasteiger charge is -2.34.